The smallest absolute Gasteiger partial charge is 0.355 e. The van der Waals surface area contributed by atoms with Gasteiger partial charge in [-0.05, 0) is 247 Å². The van der Waals surface area contributed by atoms with Crippen molar-refractivity contribution in [1.82, 2.24) is 39.9 Å². The van der Waals surface area contributed by atoms with Crippen molar-refractivity contribution in [2.75, 3.05) is 0 Å². The maximum atomic E-state index is 5.95. The fourth-order valence-electron chi connectivity index (χ4n) is 15.6. The van der Waals surface area contributed by atoms with Gasteiger partial charge in [-0.25, -0.2) is 19.9 Å². The summed E-state index contributed by atoms with van der Waals surface area (Å²) in [5.74, 6) is 0. The topological polar surface area (TPSA) is 115 Å². The summed E-state index contributed by atoms with van der Waals surface area (Å²) in [5, 5.41) is 0. The SMILES string of the molecule is CCC1=C(CC)c2nc1cc1[nH]c(cc3[nH]c(cc4nc(c2CCc2c5nc(cc6nc(c(C)c7[nH]c(cc8[nH]c2c(CC)c8CC)c(CC)c7CC)C(CC)=C6CC)C(CC)=C5CC)C(CC)=C4CC)c(CC)c3CC)c(CC)c1CC.[Mg+2].[Mg+2]. The number of hydrogen-bond donors (Lipinski definition) is 4. The zero-order valence-corrected chi connectivity index (χ0v) is 58.1. The third-order valence-corrected chi connectivity index (χ3v) is 19.4. The minimum atomic E-state index is 0. The number of nitrogens with zero attached hydrogens (tertiary/aromatic N) is 4. The average molecular weight is 1160 g/mol. The second kappa shape index (κ2) is 27.8. The van der Waals surface area contributed by atoms with E-state index < -0.39 is 0 Å². The van der Waals surface area contributed by atoms with Crippen LogP contribution in [0, 0.1) is 6.92 Å². The van der Waals surface area contributed by atoms with Crippen molar-refractivity contribution >= 4 is 135 Å². The van der Waals surface area contributed by atoms with Crippen molar-refractivity contribution in [2.45, 2.75) is 233 Å². The molecule has 4 aliphatic rings. The van der Waals surface area contributed by atoms with Crippen molar-refractivity contribution in [3.05, 3.63) is 137 Å². The Hall–Kier alpha value is -5.27. The minimum absolute atomic E-state index is 0. The van der Waals surface area contributed by atoms with E-state index in [0.29, 0.717) is 0 Å². The number of hydrogen-bond acceptors (Lipinski definition) is 4. The third kappa shape index (κ3) is 11.2. The first kappa shape index (κ1) is 65.7. The molecule has 4 aliphatic heterocycles. The van der Waals surface area contributed by atoms with Crippen LogP contribution in [0.1, 0.15) is 269 Å². The molecule has 0 radical (unpaired) electrons. The second-order valence-electron chi connectivity index (χ2n) is 23.2. The van der Waals surface area contributed by atoms with Gasteiger partial charge in [0.1, 0.15) is 0 Å². The molecule has 0 amide bonds. The van der Waals surface area contributed by atoms with Crippen molar-refractivity contribution in [2.24, 2.45) is 0 Å². The van der Waals surface area contributed by atoms with Crippen LogP contribution in [0.25, 0.3) is 88.7 Å². The molecule has 0 aromatic carbocycles. The van der Waals surface area contributed by atoms with E-state index in [-0.39, 0.29) is 46.1 Å². The number of aromatic amines is 4. The van der Waals surface area contributed by atoms with Crippen LogP contribution in [0.5, 0.6) is 0 Å². The van der Waals surface area contributed by atoms with Gasteiger partial charge in [-0.1, -0.05) is 111 Å². The summed E-state index contributed by atoms with van der Waals surface area (Å²) in [4.78, 5) is 39.8. The summed E-state index contributed by atoms with van der Waals surface area (Å²) in [6.07, 6.45) is 16.1. The number of allylic oxidation sites excluding steroid dienone is 8. The molecular weight excluding hydrogens is 1060 g/mol. The van der Waals surface area contributed by atoms with Crippen LogP contribution < -0.4 is 0 Å². The maximum Gasteiger partial charge on any atom is 2.00 e. The first-order chi connectivity index (χ1) is 40.4. The van der Waals surface area contributed by atoms with Crippen LogP contribution in [0.4, 0.5) is 0 Å². The Bertz CT molecular complexity index is 3940. The molecule has 0 atom stereocenters. The standard InChI is InChI=1S/C75H96N8.2Mg/c1-18-42-44(20-3)62-37-66-48(24-7)54(30-13)72(80-66)58(73-55(31-14)49(25-8)67(81-73)38-63-45(21-4)43(19-2)61(77-63)36-60(42)76-62)34-35-59-74-56(32-15)50(26-9)68(82-74)39-64-46(22-5)52(28-11)70(78-64)41(17)71-53(29-12)47(23-6)65(79-71)40-69-51(27-10)57(33-16)75(59)83-69;;/h36-40,76-78,82H,18-35H2,1-17H3;;/q;2*+2. The first-order valence-corrected chi connectivity index (χ1v) is 32.9. The number of rotatable bonds is 19. The Labute approximate surface area is 541 Å². The number of aryl methyl sites for hydroxylation is 10. The molecule has 85 heavy (non-hydrogen) atoms. The number of nitrogens with one attached hydrogen (secondary N) is 4. The van der Waals surface area contributed by atoms with Crippen LogP contribution in [0.15, 0.2) is 30.3 Å². The summed E-state index contributed by atoms with van der Waals surface area (Å²) in [6.45, 7) is 39.4. The van der Waals surface area contributed by atoms with Gasteiger partial charge in [0.15, 0.2) is 0 Å². The van der Waals surface area contributed by atoms with E-state index >= 15 is 0 Å². The van der Waals surface area contributed by atoms with E-state index in [1.54, 1.807) is 0 Å². The Morgan fingerprint density at radius 1 is 0.247 bits per heavy atom. The Morgan fingerprint density at radius 2 is 0.506 bits per heavy atom. The van der Waals surface area contributed by atoms with Crippen LogP contribution in [-0.4, -0.2) is 86.0 Å². The molecule has 10 rings (SSSR count). The molecule has 0 fully saturated rings. The van der Waals surface area contributed by atoms with E-state index in [0.717, 1.165) is 161 Å². The summed E-state index contributed by atoms with van der Waals surface area (Å²) in [5.41, 5.74) is 43.9. The molecule has 0 aliphatic carbocycles. The normalized spacial score (nSPS) is 13.5. The molecule has 6 aromatic rings. The van der Waals surface area contributed by atoms with Crippen LogP contribution in [0.2, 0.25) is 0 Å². The number of aromatic nitrogens is 8. The number of H-pyrrole nitrogens is 4. The van der Waals surface area contributed by atoms with E-state index in [1.165, 1.54) is 150 Å². The Morgan fingerprint density at radius 3 is 0.859 bits per heavy atom. The van der Waals surface area contributed by atoms with E-state index in [4.69, 9.17) is 19.9 Å². The van der Waals surface area contributed by atoms with Gasteiger partial charge in [0.2, 0.25) is 0 Å². The minimum Gasteiger partial charge on any atom is -0.355 e. The van der Waals surface area contributed by atoms with E-state index in [9.17, 15) is 0 Å². The predicted octanol–water partition coefficient (Wildman–Crippen LogP) is 19.7. The third-order valence-electron chi connectivity index (χ3n) is 19.4. The van der Waals surface area contributed by atoms with Gasteiger partial charge in [-0.3, -0.25) is 0 Å². The van der Waals surface area contributed by atoms with Crippen LogP contribution >= 0.6 is 0 Å². The van der Waals surface area contributed by atoms with Gasteiger partial charge >= 0.3 is 46.1 Å². The fraction of sp³-hybridized carbons (Fsp3) is 0.467. The van der Waals surface area contributed by atoms with Gasteiger partial charge in [-0.2, -0.15) is 0 Å². The summed E-state index contributed by atoms with van der Waals surface area (Å²) in [6, 6.07) is 12.0. The second-order valence-corrected chi connectivity index (χ2v) is 23.2. The molecule has 4 N–H and O–H groups in total. The fourth-order valence-corrected chi connectivity index (χ4v) is 15.6. The molecule has 0 unspecified atom stereocenters. The van der Waals surface area contributed by atoms with Gasteiger partial charge < -0.3 is 19.9 Å². The van der Waals surface area contributed by atoms with Gasteiger partial charge in [-0.15, -0.1) is 0 Å². The van der Waals surface area contributed by atoms with Gasteiger partial charge in [0, 0.05) is 55.3 Å². The Kier molecular flexibility index (Phi) is 21.5. The quantitative estimate of drug-likeness (QED) is 0.0605. The summed E-state index contributed by atoms with van der Waals surface area (Å²) < 4.78 is 0. The molecule has 0 spiro atoms. The molecule has 10 heteroatoms. The average Bonchev–Trinajstić information content (AvgIpc) is 2.24. The zero-order chi connectivity index (χ0) is 59.1. The summed E-state index contributed by atoms with van der Waals surface area (Å²) in [7, 11) is 0. The first-order valence-electron chi connectivity index (χ1n) is 32.9. The van der Waals surface area contributed by atoms with Gasteiger partial charge in [0.05, 0.1) is 45.6 Å². The molecule has 8 nitrogen and oxygen atoms in total. The van der Waals surface area contributed by atoms with Crippen LogP contribution in [-0.2, 0) is 64.2 Å². The molecular formula is C75H96Mg2N8+4. The van der Waals surface area contributed by atoms with Gasteiger partial charge in [0.25, 0.3) is 0 Å². The molecule has 436 valence electrons. The van der Waals surface area contributed by atoms with Crippen molar-refractivity contribution in [3.63, 3.8) is 0 Å². The molecule has 10 heterocycles. The van der Waals surface area contributed by atoms with E-state index in [1.807, 2.05) is 0 Å². The number of fused-ring (bicyclic) bond motifs is 16. The summed E-state index contributed by atoms with van der Waals surface area (Å²) >= 11 is 0. The largest absolute Gasteiger partial charge is 2.00 e. The van der Waals surface area contributed by atoms with Crippen molar-refractivity contribution in [1.29, 1.82) is 0 Å². The maximum absolute atomic E-state index is 5.95. The zero-order valence-electron chi connectivity index (χ0n) is 55.3. The molecule has 0 saturated carbocycles. The van der Waals surface area contributed by atoms with Crippen molar-refractivity contribution < 1.29 is 0 Å². The molecule has 16 bridgehead atoms. The van der Waals surface area contributed by atoms with Crippen molar-refractivity contribution in [3.8, 4) is 0 Å². The monoisotopic (exact) mass is 1160 g/mol. The van der Waals surface area contributed by atoms with E-state index in [2.05, 4.69) is 168 Å². The predicted molar refractivity (Wildman–Crippen MR) is 370 cm³/mol. The molecule has 6 aromatic heterocycles. The Balaban J connectivity index is 0.00000470. The van der Waals surface area contributed by atoms with Crippen LogP contribution in [0.3, 0.4) is 0 Å². The molecule has 0 saturated heterocycles.